The van der Waals surface area contributed by atoms with E-state index in [9.17, 15) is 19.5 Å². The Morgan fingerprint density at radius 1 is 0.724 bits per heavy atom. The van der Waals surface area contributed by atoms with Crippen LogP contribution >= 0.6 is 0 Å². The molecular weight excluding hydrogens is 729 g/mol. The van der Waals surface area contributed by atoms with Crippen LogP contribution in [-0.4, -0.2) is 102 Å². The fourth-order valence-electron chi connectivity index (χ4n) is 8.89. The molecule has 2 aromatic heterocycles. The number of rotatable bonds is 12. The molecule has 0 spiro atoms. The van der Waals surface area contributed by atoms with E-state index in [1.807, 2.05) is 50.1 Å². The molecule has 3 amide bonds. The van der Waals surface area contributed by atoms with Crippen molar-refractivity contribution in [3.63, 3.8) is 0 Å². The van der Waals surface area contributed by atoms with Crippen LogP contribution in [0.15, 0.2) is 91.3 Å². The Morgan fingerprint density at radius 3 is 1.60 bits per heavy atom. The predicted molar refractivity (Wildman–Crippen MR) is 226 cm³/mol. The van der Waals surface area contributed by atoms with E-state index in [-0.39, 0.29) is 29.9 Å². The Bertz CT molecular complexity index is 2190. The highest BCUT2D eigenvalue weighted by Gasteiger charge is 2.44. The zero-order valence-corrected chi connectivity index (χ0v) is 34.5. The average Bonchev–Trinajstić information content (AvgIpc) is 4.07. The predicted octanol–water partition coefficient (Wildman–Crippen LogP) is 8.57. The molecular formula is C46H56N8O4. The van der Waals surface area contributed by atoms with Crippen molar-refractivity contribution in [1.29, 1.82) is 0 Å². The van der Waals surface area contributed by atoms with Crippen molar-refractivity contribution in [2.45, 2.75) is 84.5 Å². The summed E-state index contributed by atoms with van der Waals surface area (Å²) in [6, 6.07) is 25.3. The maximum atomic E-state index is 14.2. The number of aromatic amines is 2. The number of likely N-dealkylation sites (tertiary alicyclic amines) is 2. The topological polar surface area (TPSA) is 142 Å². The van der Waals surface area contributed by atoms with Crippen molar-refractivity contribution in [2.75, 3.05) is 33.2 Å². The molecule has 2 aliphatic heterocycles. The number of carboxylic acid groups (broad SMARTS) is 1. The molecule has 0 bridgehead atoms. The van der Waals surface area contributed by atoms with Crippen LogP contribution in [0.3, 0.4) is 0 Å². The number of likely N-dealkylation sites (N-methyl/N-ethyl adjacent to an activating group) is 2. The maximum absolute atomic E-state index is 14.2. The summed E-state index contributed by atoms with van der Waals surface area (Å²) in [5, 5.41) is 9.71. The van der Waals surface area contributed by atoms with E-state index in [0.29, 0.717) is 18.9 Å². The van der Waals surface area contributed by atoms with Crippen LogP contribution in [0.1, 0.15) is 95.6 Å². The van der Waals surface area contributed by atoms with Crippen LogP contribution in [-0.2, 0) is 9.59 Å². The van der Waals surface area contributed by atoms with E-state index in [4.69, 9.17) is 9.97 Å². The fourth-order valence-corrected chi connectivity index (χ4v) is 8.89. The normalized spacial score (nSPS) is 18.1. The first kappa shape index (κ1) is 40.4. The first-order valence-electron chi connectivity index (χ1n) is 20.6. The standard InChI is InChI=1S/C46H56N8O4/c1-7-52(8-2)39(34-14-10-9-11-15-34)43(55)53-26-12-16-37(53)41-47-28-35(49-41)32-22-18-30(19-23-32)31-20-24-33(25-21-31)36-29-48-42(50-36)38-17-13-27-54(38)44(56)40(46(3,4)5)51(6)45(57)58/h9-11,14-15,18-25,28-29,37-40H,7-8,12-13,16-17,26-27H2,1-6H3,(H,47,49)(H,48,50)(H,57,58)/t37-,38-,39+,40+/m0/s1. The molecule has 0 aliphatic carbocycles. The van der Waals surface area contributed by atoms with Crippen LogP contribution in [0.4, 0.5) is 4.79 Å². The highest BCUT2D eigenvalue weighted by Crippen LogP contribution is 2.38. The molecule has 3 N–H and O–H groups in total. The van der Waals surface area contributed by atoms with Crippen LogP contribution in [0.2, 0.25) is 0 Å². The summed E-state index contributed by atoms with van der Waals surface area (Å²) in [7, 11) is 1.46. The van der Waals surface area contributed by atoms with Gasteiger partial charge in [-0.05, 0) is 72.0 Å². The van der Waals surface area contributed by atoms with E-state index in [2.05, 4.69) is 89.4 Å². The number of carbonyl (C=O) groups excluding carboxylic acids is 2. The number of imidazole rings is 2. The molecule has 4 heterocycles. The molecule has 304 valence electrons. The highest BCUT2D eigenvalue weighted by atomic mass is 16.4. The van der Waals surface area contributed by atoms with Crippen LogP contribution < -0.4 is 0 Å². The minimum Gasteiger partial charge on any atom is -0.465 e. The van der Waals surface area contributed by atoms with E-state index in [1.165, 1.54) is 7.05 Å². The Labute approximate surface area is 341 Å². The summed E-state index contributed by atoms with van der Waals surface area (Å²) in [6.07, 6.45) is 5.94. The van der Waals surface area contributed by atoms with Gasteiger partial charge in [0.25, 0.3) is 0 Å². The summed E-state index contributed by atoms with van der Waals surface area (Å²) in [6.45, 7) is 12.7. The van der Waals surface area contributed by atoms with Crippen molar-refractivity contribution in [3.8, 4) is 33.6 Å². The summed E-state index contributed by atoms with van der Waals surface area (Å²) < 4.78 is 0. The van der Waals surface area contributed by atoms with Gasteiger partial charge in [-0.2, -0.15) is 0 Å². The lowest BCUT2D eigenvalue weighted by atomic mass is 9.84. The molecule has 0 radical (unpaired) electrons. The smallest absolute Gasteiger partial charge is 0.407 e. The quantitative estimate of drug-likeness (QED) is 0.115. The lowest BCUT2D eigenvalue weighted by molar-refractivity contribution is -0.141. The molecule has 0 unspecified atom stereocenters. The molecule has 3 aromatic carbocycles. The van der Waals surface area contributed by atoms with Gasteiger partial charge in [0.15, 0.2) is 0 Å². The zero-order valence-electron chi connectivity index (χ0n) is 34.5. The minimum absolute atomic E-state index is 0.0991. The van der Waals surface area contributed by atoms with Gasteiger partial charge in [-0.25, -0.2) is 14.8 Å². The number of H-pyrrole nitrogens is 2. The largest absolute Gasteiger partial charge is 0.465 e. The van der Waals surface area contributed by atoms with Gasteiger partial charge in [0.05, 0.1) is 35.9 Å². The SMILES string of the molecule is CCN(CC)[C@@H](C(=O)N1CCC[C@H]1c1ncc(-c2ccc(-c3ccc(-c4cnc([C@@H]5CCCN5C(=O)[C@@H](N(C)C(=O)O)C(C)(C)C)[nH]4)cc3)cc2)[nH]1)c1ccccc1. The third kappa shape index (κ3) is 8.16. The van der Waals surface area contributed by atoms with Gasteiger partial charge >= 0.3 is 6.09 Å². The second kappa shape index (κ2) is 17.0. The molecule has 2 aliphatic rings. The number of amides is 3. The van der Waals surface area contributed by atoms with Gasteiger partial charge in [-0.15, -0.1) is 0 Å². The number of nitrogens with one attached hydrogen (secondary N) is 2. The van der Waals surface area contributed by atoms with Crippen molar-refractivity contribution in [1.82, 2.24) is 39.5 Å². The molecule has 2 saturated heterocycles. The number of hydrogen-bond acceptors (Lipinski definition) is 6. The van der Waals surface area contributed by atoms with E-state index < -0.39 is 17.6 Å². The van der Waals surface area contributed by atoms with Crippen molar-refractivity contribution in [2.24, 2.45) is 5.41 Å². The third-order valence-electron chi connectivity index (χ3n) is 11.9. The summed E-state index contributed by atoms with van der Waals surface area (Å²) in [4.78, 5) is 63.6. The maximum Gasteiger partial charge on any atom is 0.407 e. The number of benzene rings is 3. The Balaban J connectivity index is 1.02. The molecule has 4 atom stereocenters. The van der Waals surface area contributed by atoms with E-state index in [0.717, 1.165) is 88.7 Å². The average molecular weight is 785 g/mol. The Hall–Kier alpha value is -5.75. The molecule has 2 fully saturated rings. The first-order valence-corrected chi connectivity index (χ1v) is 20.6. The van der Waals surface area contributed by atoms with E-state index >= 15 is 0 Å². The number of carbonyl (C=O) groups is 3. The molecule has 12 heteroatoms. The molecule has 5 aromatic rings. The molecule has 58 heavy (non-hydrogen) atoms. The summed E-state index contributed by atoms with van der Waals surface area (Å²) in [5.74, 6) is 1.46. The van der Waals surface area contributed by atoms with E-state index in [1.54, 1.807) is 11.1 Å². The monoisotopic (exact) mass is 784 g/mol. The lowest BCUT2D eigenvalue weighted by Crippen LogP contribution is -2.54. The lowest BCUT2D eigenvalue weighted by Gasteiger charge is -2.38. The zero-order chi connectivity index (χ0) is 41.1. The second-order valence-electron chi connectivity index (χ2n) is 16.6. The Morgan fingerprint density at radius 2 is 1.17 bits per heavy atom. The second-order valence-corrected chi connectivity index (χ2v) is 16.6. The number of aromatic nitrogens is 4. The van der Waals surface area contributed by atoms with Crippen LogP contribution in [0.5, 0.6) is 0 Å². The van der Waals surface area contributed by atoms with Crippen molar-refractivity contribution < 1.29 is 19.5 Å². The van der Waals surface area contributed by atoms with Gasteiger partial charge in [0.2, 0.25) is 11.8 Å². The van der Waals surface area contributed by atoms with Crippen molar-refractivity contribution in [3.05, 3.63) is 108 Å². The molecule has 0 saturated carbocycles. The van der Waals surface area contributed by atoms with Gasteiger partial charge in [-0.3, -0.25) is 19.4 Å². The summed E-state index contributed by atoms with van der Waals surface area (Å²) in [5.41, 5.74) is 6.37. The summed E-state index contributed by atoms with van der Waals surface area (Å²) >= 11 is 0. The van der Waals surface area contributed by atoms with Crippen molar-refractivity contribution >= 4 is 17.9 Å². The van der Waals surface area contributed by atoms with Gasteiger partial charge in [0.1, 0.15) is 23.7 Å². The minimum atomic E-state index is -1.12. The highest BCUT2D eigenvalue weighted by molar-refractivity contribution is 5.87. The number of nitrogens with zero attached hydrogens (tertiary/aromatic N) is 6. The first-order chi connectivity index (χ1) is 27.9. The Kier molecular flexibility index (Phi) is 11.9. The van der Waals surface area contributed by atoms with Crippen LogP contribution in [0.25, 0.3) is 33.6 Å². The number of hydrogen-bond donors (Lipinski definition) is 3. The van der Waals surface area contributed by atoms with Gasteiger partial charge in [0, 0.05) is 20.1 Å². The third-order valence-corrected chi connectivity index (χ3v) is 11.9. The molecule has 12 nitrogen and oxygen atoms in total. The van der Waals surface area contributed by atoms with Gasteiger partial charge in [-0.1, -0.05) is 113 Å². The van der Waals surface area contributed by atoms with Gasteiger partial charge < -0.3 is 24.9 Å². The molecule has 7 rings (SSSR count). The fraction of sp³-hybridized carbons (Fsp3) is 0.413. The van der Waals surface area contributed by atoms with Crippen LogP contribution in [0, 0.1) is 5.41 Å².